The first-order valence-electron chi connectivity index (χ1n) is 9.15. The first kappa shape index (κ1) is 16.3. The maximum Gasteiger partial charge on any atom is 0.00683 e. The van der Waals surface area contributed by atoms with Gasteiger partial charge in [0.05, 0.1) is 0 Å². The molecule has 2 aliphatic carbocycles. The lowest BCUT2D eigenvalue weighted by atomic mass is 9.62. The first-order valence-corrected chi connectivity index (χ1v) is 9.15. The summed E-state index contributed by atoms with van der Waals surface area (Å²) in [5.41, 5.74) is 0.499. The Morgan fingerprint density at radius 1 is 1.10 bits per heavy atom. The lowest BCUT2D eigenvalue weighted by Crippen LogP contribution is -2.39. The third-order valence-electron chi connectivity index (χ3n) is 5.99. The Bertz CT molecular complexity index is 287. The van der Waals surface area contributed by atoms with Crippen LogP contribution >= 0.6 is 0 Å². The molecule has 0 heterocycles. The minimum Gasteiger partial charge on any atom is -0.314 e. The van der Waals surface area contributed by atoms with Crippen molar-refractivity contribution in [2.24, 2.45) is 29.1 Å². The lowest BCUT2D eigenvalue weighted by molar-refractivity contribution is 0.0653. The Morgan fingerprint density at radius 3 is 2.35 bits per heavy atom. The van der Waals surface area contributed by atoms with Crippen LogP contribution in [0.1, 0.15) is 79.6 Å². The van der Waals surface area contributed by atoms with Gasteiger partial charge in [0.2, 0.25) is 0 Å². The van der Waals surface area contributed by atoms with E-state index in [2.05, 4.69) is 39.9 Å². The van der Waals surface area contributed by atoms with Crippen LogP contribution in [0.25, 0.3) is 0 Å². The number of nitrogens with one attached hydrogen (secondary N) is 1. The molecule has 0 aromatic carbocycles. The summed E-state index contributed by atoms with van der Waals surface area (Å²) in [6.07, 6.45) is 10.00. The van der Waals surface area contributed by atoms with E-state index in [1.165, 1.54) is 51.5 Å². The largest absolute Gasteiger partial charge is 0.314 e. The summed E-state index contributed by atoms with van der Waals surface area (Å²) in [7, 11) is 0. The van der Waals surface area contributed by atoms with E-state index in [1.807, 2.05) is 0 Å². The van der Waals surface area contributed by atoms with Crippen molar-refractivity contribution < 1.29 is 0 Å². The van der Waals surface area contributed by atoms with Crippen LogP contribution in [0.5, 0.6) is 0 Å². The SMILES string of the molecule is CCCC(C)C1CC(C(C)(C)C)CCC1CNC1CC1. The zero-order valence-corrected chi connectivity index (χ0v) is 14.5. The van der Waals surface area contributed by atoms with Crippen molar-refractivity contribution in [3.63, 3.8) is 0 Å². The van der Waals surface area contributed by atoms with E-state index in [4.69, 9.17) is 0 Å². The molecule has 1 N–H and O–H groups in total. The molecule has 0 saturated heterocycles. The van der Waals surface area contributed by atoms with Crippen molar-refractivity contribution in [1.29, 1.82) is 0 Å². The Kier molecular flexibility index (Phi) is 5.56. The molecule has 2 fully saturated rings. The highest BCUT2D eigenvalue weighted by molar-refractivity contribution is 4.90. The molecule has 0 aromatic heterocycles. The van der Waals surface area contributed by atoms with Crippen LogP contribution in [0, 0.1) is 29.1 Å². The number of hydrogen-bond acceptors (Lipinski definition) is 1. The third kappa shape index (κ3) is 4.48. The van der Waals surface area contributed by atoms with Gasteiger partial charge < -0.3 is 5.32 Å². The van der Waals surface area contributed by atoms with E-state index in [-0.39, 0.29) is 0 Å². The molecule has 0 spiro atoms. The van der Waals surface area contributed by atoms with E-state index in [0.717, 1.165) is 29.7 Å². The summed E-state index contributed by atoms with van der Waals surface area (Å²) >= 11 is 0. The second-order valence-electron chi connectivity index (χ2n) is 8.75. The predicted molar refractivity (Wildman–Crippen MR) is 88.9 cm³/mol. The fourth-order valence-corrected chi connectivity index (χ4v) is 4.28. The molecule has 2 aliphatic rings. The predicted octanol–water partition coefficient (Wildman–Crippen LogP) is 5.25. The van der Waals surface area contributed by atoms with Crippen LogP contribution in [0.3, 0.4) is 0 Å². The summed E-state index contributed by atoms with van der Waals surface area (Å²) in [4.78, 5) is 0. The lowest BCUT2D eigenvalue weighted by Gasteiger charge is -2.44. The van der Waals surface area contributed by atoms with Gasteiger partial charge in [-0.2, -0.15) is 0 Å². The molecule has 0 amide bonds. The van der Waals surface area contributed by atoms with E-state index in [1.54, 1.807) is 0 Å². The standard InChI is InChI=1S/C19H37N/c1-6-7-14(2)18-12-16(19(3,4)5)9-8-15(18)13-20-17-10-11-17/h14-18,20H,6-13H2,1-5H3. The molecule has 4 atom stereocenters. The highest BCUT2D eigenvalue weighted by atomic mass is 14.9. The smallest absolute Gasteiger partial charge is 0.00683 e. The molecule has 0 radical (unpaired) electrons. The quantitative estimate of drug-likeness (QED) is 0.700. The average Bonchev–Trinajstić information content (AvgIpc) is 3.19. The van der Waals surface area contributed by atoms with Gasteiger partial charge in [-0.25, -0.2) is 0 Å². The second kappa shape index (κ2) is 6.81. The van der Waals surface area contributed by atoms with Crippen molar-refractivity contribution in [3.8, 4) is 0 Å². The van der Waals surface area contributed by atoms with Crippen molar-refractivity contribution >= 4 is 0 Å². The summed E-state index contributed by atoms with van der Waals surface area (Å²) in [6.45, 7) is 13.5. The molecule has 0 aromatic rings. The summed E-state index contributed by atoms with van der Waals surface area (Å²) in [6, 6.07) is 0.873. The molecule has 0 aliphatic heterocycles. The fraction of sp³-hybridized carbons (Fsp3) is 1.00. The van der Waals surface area contributed by atoms with Gasteiger partial charge in [-0.15, -0.1) is 0 Å². The third-order valence-corrected chi connectivity index (χ3v) is 5.99. The number of rotatable bonds is 6. The van der Waals surface area contributed by atoms with Gasteiger partial charge in [0.1, 0.15) is 0 Å². The molecule has 2 rings (SSSR count). The summed E-state index contributed by atoms with van der Waals surface area (Å²) in [5, 5.41) is 3.81. The van der Waals surface area contributed by atoms with Gasteiger partial charge >= 0.3 is 0 Å². The molecule has 4 unspecified atom stereocenters. The highest BCUT2D eigenvalue weighted by Crippen LogP contribution is 2.46. The van der Waals surface area contributed by atoms with Crippen molar-refractivity contribution in [2.45, 2.75) is 85.6 Å². The van der Waals surface area contributed by atoms with Crippen LogP contribution in [0.15, 0.2) is 0 Å². The van der Waals surface area contributed by atoms with Crippen LogP contribution < -0.4 is 5.32 Å². The van der Waals surface area contributed by atoms with E-state index >= 15 is 0 Å². The van der Waals surface area contributed by atoms with Gasteiger partial charge in [-0.05, 0) is 67.7 Å². The molecule has 0 bridgehead atoms. The molecule has 118 valence electrons. The molecule has 1 nitrogen and oxygen atoms in total. The Morgan fingerprint density at radius 2 is 1.80 bits per heavy atom. The van der Waals surface area contributed by atoms with E-state index < -0.39 is 0 Å². The van der Waals surface area contributed by atoms with Gasteiger partial charge in [0.15, 0.2) is 0 Å². The zero-order chi connectivity index (χ0) is 14.8. The van der Waals surface area contributed by atoms with Crippen molar-refractivity contribution in [3.05, 3.63) is 0 Å². The zero-order valence-electron chi connectivity index (χ0n) is 14.5. The van der Waals surface area contributed by atoms with Crippen LogP contribution in [-0.4, -0.2) is 12.6 Å². The second-order valence-corrected chi connectivity index (χ2v) is 8.75. The van der Waals surface area contributed by atoms with Crippen LogP contribution in [0.4, 0.5) is 0 Å². The Hall–Kier alpha value is -0.0400. The normalized spacial score (nSPS) is 33.1. The first-order chi connectivity index (χ1) is 9.41. The molecular weight excluding hydrogens is 242 g/mol. The van der Waals surface area contributed by atoms with E-state index in [9.17, 15) is 0 Å². The van der Waals surface area contributed by atoms with Crippen LogP contribution in [0.2, 0.25) is 0 Å². The molecular formula is C19H37N. The Labute approximate surface area is 127 Å². The van der Waals surface area contributed by atoms with Gasteiger partial charge in [0, 0.05) is 6.04 Å². The van der Waals surface area contributed by atoms with E-state index in [0.29, 0.717) is 5.41 Å². The average molecular weight is 280 g/mol. The van der Waals surface area contributed by atoms with Gasteiger partial charge in [0.25, 0.3) is 0 Å². The minimum absolute atomic E-state index is 0.499. The maximum atomic E-state index is 3.81. The maximum absolute atomic E-state index is 3.81. The van der Waals surface area contributed by atoms with Gasteiger partial charge in [-0.3, -0.25) is 0 Å². The topological polar surface area (TPSA) is 12.0 Å². The monoisotopic (exact) mass is 279 g/mol. The number of hydrogen-bond donors (Lipinski definition) is 1. The fourth-order valence-electron chi connectivity index (χ4n) is 4.28. The molecule has 2 saturated carbocycles. The molecule has 20 heavy (non-hydrogen) atoms. The van der Waals surface area contributed by atoms with Crippen molar-refractivity contribution in [1.82, 2.24) is 5.32 Å². The minimum atomic E-state index is 0.499. The highest BCUT2D eigenvalue weighted by Gasteiger charge is 2.38. The summed E-state index contributed by atoms with van der Waals surface area (Å²) < 4.78 is 0. The van der Waals surface area contributed by atoms with Gasteiger partial charge in [-0.1, -0.05) is 47.5 Å². The van der Waals surface area contributed by atoms with Crippen LogP contribution in [-0.2, 0) is 0 Å². The Balaban J connectivity index is 1.95. The molecule has 1 heteroatoms. The van der Waals surface area contributed by atoms with Crippen molar-refractivity contribution in [2.75, 3.05) is 6.54 Å². The summed E-state index contributed by atoms with van der Waals surface area (Å²) in [5.74, 6) is 3.75.